The van der Waals surface area contributed by atoms with E-state index in [2.05, 4.69) is 12.1 Å². The van der Waals surface area contributed by atoms with Crippen molar-refractivity contribution in [2.75, 3.05) is 26.8 Å². The first-order valence-electron chi connectivity index (χ1n) is 6.95. The molecular weight excluding hydrogens is 270 g/mol. The van der Waals surface area contributed by atoms with E-state index in [0.717, 1.165) is 6.42 Å². The number of amides is 1. The monoisotopic (exact) mass is 293 g/mol. The van der Waals surface area contributed by atoms with Crippen molar-refractivity contribution >= 4 is 11.7 Å². The van der Waals surface area contributed by atoms with Gasteiger partial charge in [-0.1, -0.05) is 24.2 Å². The minimum atomic E-state index is -0.0829. The Bertz CT molecular complexity index is 472. The molecule has 0 heterocycles. The summed E-state index contributed by atoms with van der Waals surface area (Å²) < 4.78 is 5.02. The minimum Gasteiger partial charge on any atom is -0.409 e. The van der Waals surface area contributed by atoms with Gasteiger partial charge in [-0.2, -0.15) is 0 Å². The molecule has 0 aliphatic rings. The van der Waals surface area contributed by atoms with Gasteiger partial charge in [0.25, 0.3) is 5.91 Å². The van der Waals surface area contributed by atoms with Crippen molar-refractivity contribution in [3.8, 4) is 0 Å². The number of benzene rings is 1. The van der Waals surface area contributed by atoms with Crippen molar-refractivity contribution in [2.45, 2.75) is 19.8 Å². The number of hydrogen-bond donors (Lipinski definition) is 2. The van der Waals surface area contributed by atoms with Crippen LogP contribution in [0.2, 0.25) is 0 Å². The quantitative estimate of drug-likeness (QED) is 0.329. The lowest BCUT2D eigenvalue weighted by atomic mass is 10.1. The number of rotatable bonds is 8. The molecule has 0 saturated heterocycles. The van der Waals surface area contributed by atoms with Crippen LogP contribution in [0.1, 0.15) is 29.3 Å². The molecule has 1 aromatic carbocycles. The Balaban J connectivity index is 2.77. The van der Waals surface area contributed by atoms with Crippen molar-refractivity contribution in [3.63, 3.8) is 0 Å². The van der Waals surface area contributed by atoms with Crippen LogP contribution >= 0.6 is 0 Å². The molecule has 6 heteroatoms. The largest absolute Gasteiger partial charge is 0.409 e. The summed E-state index contributed by atoms with van der Waals surface area (Å²) in [4.78, 5) is 14.1. The molecule has 3 N–H and O–H groups in total. The van der Waals surface area contributed by atoms with Crippen LogP contribution in [0.3, 0.4) is 0 Å². The highest BCUT2D eigenvalue weighted by molar-refractivity contribution is 5.94. The zero-order chi connectivity index (χ0) is 15.7. The fraction of sp³-hybridized carbons (Fsp3) is 0.467. The highest BCUT2D eigenvalue weighted by Gasteiger charge is 2.15. The van der Waals surface area contributed by atoms with Crippen molar-refractivity contribution in [2.24, 2.45) is 10.9 Å². The Morgan fingerprint density at radius 3 is 2.52 bits per heavy atom. The summed E-state index contributed by atoms with van der Waals surface area (Å²) in [5.74, 6) is 0.0204. The second kappa shape index (κ2) is 8.97. The standard InChI is InChI=1S/C15H23N3O3/c1-3-12-4-6-13(7-5-12)15(19)18(10-11-21-2)9-8-14(16)17-20/h4-7,20H,3,8-11H2,1-2H3,(H2,16,17). The van der Waals surface area contributed by atoms with Gasteiger partial charge in [-0.15, -0.1) is 0 Å². The molecule has 6 nitrogen and oxygen atoms in total. The van der Waals surface area contributed by atoms with Gasteiger partial charge in [0.1, 0.15) is 5.84 Å². The summed E-state index contributed by atoms with van der Waals surface area (Å²) in [6.07, 6.45) is 1.25. The van der Waals surface area contributed by atoms with Crippen LogP contribution in [0.5, 0.6) is 0 Å². The van der Waals surface area contributed by atoms with Crippen LogP contribution in [0.15, 0.2) is 29.4 Å². The first-order valence-corrected chi connectivity index (χ1v) is 6.95. The van der Waals surface area contributed by atoms with E-state index in [4.69, 9.17) is 15.7 Å². The highest BCUT2D eigenvalue weighted by atomic mass is 16.5. The lowest BCUT2D eigenvalue weighted by Crippen LogP contribution is -2.36. The third-order valence-electron chi connectivity index (χ3n) is 3.23. The molecule has 0 aliphatic carbocycles. The van der Waals surface area contributed by atoms with Crippen LogP contribution < -0.4 is 5.73 Å². The number of aryl methyl sites for hydroxylation is 1. The number of carbonyl (C=O) groups is 1. The normalized spacial score (nSPS) is 11.4. The highest BCUT2D eigenvalue weighted by Crippen LogP contribution is 2.09. The van der Waals surface area contributed by atoms with E-state index < -0.39 is 0 Å². The summed E-state index contributed by atoms with van der Waals surface area (Å²) in [6.45, 7) is 3.35. The van der Waals surface area contributed by atoms with E-state index in [9.17, 15) is 4.79 Å². The second-order valence-electron chi connectivity index (χ2n) is 4.68. The predicted octanol–water partition coefficient (Wildman–Crippen LogP) is 1.47. The summed E-state index contributed by atoms with van der Waals surface area (Å²) in [6, 6.07) is 7.55. The number of ether oxygens (including phenoxy) is 1. The first-order chi connectivity index (χ1) is 10.1. The van der Waals surface area contributed by atoms with E-state index in [-0.39, 0.29) is 11.7 Å². The van der Waals surface area contributed by atoms with Crippen LogP contribution in [0.4, 0.5) is 0 Å². The Hall–Kier alpha value is -2.08. The van der Waals surface area contributed by atoms with Crippen LogP contribution in [0.25, 0.3) is 0 Å². The van der Waals surface area contributed by atoms with Gasteiger partial charge in [0, 0.05) is 32.2 Å². The van der Waals surface area contributed by atoms with Gasteiger partial charge in [-0.25, -0.2) is 0 Å². The number of carbonyl (C=O) groups excluding carboxylic acids is 1. The number of oxime groups is 1. The molecule has 0 saturated carbocycles. The average Bonchev–Trinajstić information content (AvgIpc) is 2.54. The zero-order valence-electron chi connectivity index (χ0n) is 12.6. The van der Waals surface area contributed by atoms with E-state index >= 15 is 0 Å². The van der Waals surface area contributed by atoms with E-state index in [1.807, 2.05) is 24.3 Å². The molecule has 116 valence electrons. The Labute approximate surface area is 125 Å². The minimum absolute atomic E-state index is 0.0829. The van der Waals surface area contributed by atoms with E-state index in [1.165, 1.54) is 5.56 Å². The molecule has 0 radical (unpaired) electrons. The Morgan fingerprint density at radius 1 is 1.33 bits per heavy atom. The van der Waals surface area contributed by atoms with Crippen molar-refractivity contribution in [3.05, 3.63) is 35.4 Å². The molecule has 0 atom stereocenters. The van der Waals surface area contributed by atoms with E-state index in [1.54, 1.807) is 12.0 Å². The fourth-order valence-corrected chi connectivity index (χ4v) is 1.88. The van der Waals surface area contributed by atoms with Gasteiger partial charge in [0.2, 0.25) is 0 Å². The van der Waals surface area contributed by atoms with Crippen molar-refractivity contribution in [1.29, 1.82) is 0 Å². The average molecular weight is 293 g/mol. The number of methoxy groups -OCH3 is 1. The summed E-state index contributed by atoms with van der Waals surface area (Å²) >= 11 is 0. The molecular formula is C15H23N3O3. The molecule has 0 bridgehead atoms. The maximum atomic E-state index is 12.5. The van der Waals surface area contributed by atoms with Gasteiger partial charge >= 0.3 is 0 Å². The van der Waals surface area contributed by atoms with Gasteiger partial charge in [-0.3, -0.25) is 4.79 Å². The summed E-state index contributed by atoms with van der Waals surface area (Å²) in [5, 5.41) is 11.5. The van der Waals surface area contributed by atoms with Crippen LogP contribution in [-0.2, 0) is 11.2 Å². The van der Waals surface area contributed by atoms with Crippen LogP contribution in [-0.4, -0.2) is 48.7 Å². The van der Waals surface area contributed by atoms with Crippen molar-refractivity contribution in [1.82, 2.24) is 4.90 Å². The third-order valence-corrected chi connectivity index (χ3v) is 3.23. The molecule has 0 fully saturated rings. The van der Waals surface area contributed by atoms with Gasteiger partial charge < -0.3 is 20.6 Å². The number of hydrogen-bond acceptors (Lipinski definition) is 4. The molecule has 1 aromatic rings. The third kappa shape index (κ3) is 5.43. The number of nitrogens with zero attached hydrogens (tertiary/aromatic N) is 2. The molecule has 0 unspecified atom stereocenters. The van der Waals surface area contributed by atoms with E-state index in [0.29, 0.717) is 31.7 Å². The molecule has 1 amide bonds. The Kier molecular flexibility index (Phi) is 7.25. The maximum Gasteiger partial charge on any atom is 0.253 e. The summed E-state index contributed by atoms with van der Waals surface area (Å²) in [7, 11) is 1.59. The zero-order valence-corrected chi connectivity index (χ0v) is 12.6. The smallest absolute Gasteiger partial charge is 0.253 e. The maximum absolute atomic E-state index is 12.5. The van der Waals surface area contributed by atoms with Gasteiger partial charge in [0.15, 0.2) is 0 Å². The van der Waals surface area contributed by atoms with Crippen molar-refractivity contribution < 1.29 is 14.7 Å². The lowest BCUT2D eigenvalue weighted by Gasteiger charge is -2.22. The fourth-order valence-electron chi connectivity index (χ4n) is 1.88. The Morgan fingerprint density at radius 2 is 2.00 bits per heavy atom. The number of nitrogens with two attached hydrogens (primary N) is 1. The molecule has 0 aromatic heterocycles. The molecule has 0 spiro atoms. The topological polar surface area (TPSA) is 88.2 Å². The SMILES string of the molecule is CCc1ccc(C(=O)N(CCOC)CCC(N)=NO)cc1. The van der Waals surface area contributed by atoms with Gasteiger partial charge in [-0.05, 0) is 24.1 Å². The second-order valence-corrected chi connectivity index (χ2v) is 4.68. The molecule has 21 heavy (non-hydrogen) atoms. The molecule has 0 aliphatic heterocycles. The first kappa shape index (κ1) is 17.0. The predicted molar refractivity (Wildman–Crippen MR) is 81.6 cm³/mol. The number of amidine groups is 1. The molecule has 1 rings (SSSR count). The summed E-state index contributed by atoms with van der Waals surface area (Å²) in [5.41, 5.74) is 7.27. The van der Waals surface area contributed by atoms with Crippen LogP contribution in [0, 0.1) is 0 Å². The lowest BCUT2D eigenvalue weighted by molar-refractivity contribution is 0.0700. The van der Waals surface area contributed by atoms with Gasteiger partial charge in [0.05, 0.1) is 6.61 Å².